The number of thioether (sulfide) groups is 1. The van der Waals surface area contributed by atoms with E-state index in [1.165, 1.54) is 24.0 Å². The molecule has 172 valence electrons. The maximum absolute atomic E-state index is 15.5. The van der Waals surface area contributed by atoms with Gasteiger partial charge in [0.25, 0.3) is 0 Å². The molecule has 0 saturated heterocycles. The van der Waals surface area contributed by atoms with Crippen molar-refractivity contribution in [1.29, 1.82) is 0 Å². The molecule has 0 saturated carbocycles. The summed E-state index contributed by atoms with van der Waals surface area (Å²) in [7, 11) is 0. The third-order valence-corrected chi connectivity index (χ3v) is 7.29. The van der Waals surface area contributed by atoms with Gasteiger partial charge in [0.2, 0.25) is 5.95 Å². The highest BCUT2D eigenvalue weighted by Crippen LogP contribution is 2.54. The zero-order valence-corrected chi connectivity index (χ0v) is 19.0. The molecule has 3 aliphatic heterocycles. The molecule has 2 N–H and O–H groups in total. The summed E-state index contributed by atoms with van der Waals surface area (Å²) in [6, 6.07) is 12.1. The molecular formula is C26H21F2N3O2S. The van der Waals surface area contributed by atoms with Crippen LogP contribution in [-0.2, 0) is 10.3 Å². The molecule has 0 bridgehead atoms. The summed E-state index contributed by atoms with van der Waals surface area (Å²) < 4.78 is 41.6. The van der Waals surface area contributed by atoms with E-state index in [4.69, 9.17) is 20.2 Å². The second-order valence-electron chi connectivity index (χ2n) is 8.47. The molecule has 0 aliphatic carbocycles. The van der Waals surface area contributed by atoms with E-state index in [0.29, 0.717) is 53.0 Å². The Morgan fingerprint density at radius 2 is 1.94 bits per heavy atom. The average Bonchev–Trinajstić information content (AvgIpc) is 2.86. The van der Waals surface area contributed by atoms with Crippen LogP contribution < -0.4 is 10.5 Å². The summed E-state index contributed by atoms with van der Waals surface area (Å²) in [5.74, 6) is 0.317. The van der Waals surface area contributed by atoms with Gasteiger partial charge in [-0.2, -0.15) is 4.39 Å². The van der Waals surface area contributed by atoms with Crippen molar-refractivity contribution in [2.45, 2.75) is 18.4 Å². The molecule has 1 atom stereocenters. The first-order chi connectivity index (χ1) is 16.5. The molecule has 34 heavy (non-hydrogen) atoms. The van der Waals surface area contributed by atoms with Gasteiger partial charge in [0.15, 0.2) is 16.7 Å². The van der Waals surface area contributed by atoms with Crippen molar-refractivity contribution in [3.05, 3.63) is 83.2 Å². The van der Waals surface area contributed by atoms with Gasteiger partial charge in [-0.05, 0) is 65.9 Å². The number of rotatable bonds is 2. The number of hydrogen-bond donors (Lipinski definition) is 1. The number of aromatic nitrogens is 1. The Morgan fingerprint density at radius 3 is 2.74 bits per heavy atom. The number of fused-ring (bicyclic) bond motifs is 4. The molecule has 0 radical (unpaired) electrons. The van der Waals surface area contributed by atoms with Crippen molar-refractivity contribution in [3.63, 3.8) is 0 Å². The van der Waals surface area contributed by atoms with Crippen LogP contribution in [-0.4, -0.2) is 29.1 Å². The van der Waals surface area contributed by atoms with Crippen molar-refractivity contribution in [2.75, 3.05) is 19.0 Å². The maximum atomic E-state index is 15.5. The summed E-state index contributed by atoms with van der Waals surface area (Å²) in [6.45, 7) is 1.08. The van der Waals surface area contributed by atoms with Gasteiger partial charge in [0.1, 0.15) is 11.3 Å². The van der Waals surface area contributed by atoms with Crippen LogP contribution in [0.2, 0.25) is 0 Å². The number of halogens is 2. The smallest absolute Gasteiger partial charge is 0.220 e. The molecule has 2 aromatic carbocycles. The van der Waals surface area contributed by atoms with Gasteiger partial charge in [-0.3, -0.25) is 0 Å². The third-order valence-electron chi connectivity index (χ3n) is 6.49. The first kappa shape index (κ1) is 21.3. The van der Waals surface area contributed by atoms with Crippen LogP contribution in [0.4, 0.5) is 8.78 Å². The number of aliphatic imine (C=N–C) groups is 1. The number of ether oxygens (including phenoxy) is 2. The van der Waals surface area contributed by atoms with Gasteiger partial charge in [-0.25, -0.2) is 14.4 Å². The quantitative estimate of drug-likeness (QED) is 0.485. The Balaban J connectivity index is 1.59. The Kier molecular flexibility index (Phi) is 5.15. The number of amidine groups is 1. The van der Waals surface area contributed by atoms with Gasteiger partial charge in [-0.1, -0.05) is 23.9 Å². The predicted molar refractivity (Wildman–Crippen MR) is 129 cm³/mol. The van der Waals surface area contributed by atoms with Crippen LogP contribution in [0.15, 0.2) is 59.7 Å². The number of pyridine rings is 1. The molecule has 1 unspecified atom stereocenters. The lowest BCUT2D eigenvalue weighted by atomic mass is 9.76. The van der Waals surface area contributed by atoms with Crippen molar-refractivity contribution in [2.24, 2.45) is 10.7 Å². The van der Waals surface area contributed by atoms with Gasteiger partial charge in [0, 0.05) is 28.6 Å². The van der Waals surface area contributed by atoms with Crippen LogP contribution in [0, 0.1) is 11.8 Å². The zero-order valence-electron chi connectivity index (χ0n) is 18.2. The van der Waals surface area contributed by atoms with Crippen LogP contribution in [0.25, 0.3) is 16.7 Å². The van der Waals surface area contributed by atoms with Gasteiger partial charge in [-0.15, -0.1) is 0 Å². The van der Waals surface area contributed by atoms with E-state index in [1.54, 1.807) is 24.3 Å². The first-order valence-corrected chi connectivity index (χ1v) is 12.1. The van der Waals surface area contributed by atoms with Crippen LogP contribution in [0.5, 0.6) is 11.5 Å². The Labute approximate surface area is 199 Å². The lowest BCUT2D eigenvalue weighted by molar-refractivity contribution is 0.164. The highest BCUT2D eigenvalue weighted by Gasteiger charge is 2.45. The fourth-order valence-electron chi connectivity index (χ4n) is 4.88. The van der Waals surface area contributed by atoms with Crippen LogP contribution >= 0.6 is 11.8 Å². The average molecular weight is 478 g/mol. The highest BCUT2D eigenvalue weighted by atomic mass is 32.2. The lowest BCUT2D eigenvalue weighted by Crippen LogP contribution is -2.36. The molecule has 1 spiro atoms. The van der Waals surface area contributed by atoms with E-state index in [1.807, 2.05) is 12.1 Å². The second-order valence-corrected chi connectivity index (χ2v) is 9.58. The van der Waals surface area contributed by atoms with E-state index in [0.717, 1.165) is 23.1 Å². The van der Waals surface area contributed by atoms with Crippen molar-refractivity contribution < 1.29 is 18.3 Å². The molecule has 4 heterocycles. The van der Waals surface area contributed by atoms with Crippen molar-refractivity contribution >= 4 is 22.5 Å². The van der Waals surface area contributed by atoms with Crippen molar-refractivity contribution in [1.82, 2.24) is 4.98 Å². The minimum absolute atomic E-state index is 0.150. The monoisotopic (exact) mass is 477 g/mol. The SMILES string of the molecule is NC1=NC2(CCS1)c1cc(-c3cccnc3F)ccc1Oc1c(F)cc(C3=CCCOC3)cc12. The Morgan fingerprint density at radius 1 is 1.06 bits per heavy atom. The highest BCUT2D eigenvalue weighted by molar-refractivity contribution is 8.13. The van der Waals surface area contributed by atoms with E-state index in [-0.39, 0.29) is 5.75 Å². The minimum atomic E-state index is -0.945. The van der Waals surface area contributed by atoms with Crippen LogP contribution in [0.3, 0.4) is 0 Å². The number of benzene rings is 2. The summed E-state index contributed by atoms with van der Waals surface area (Å²) in [4.78, 5) is 8.67. The first-order valence-electron chi connectivity index (χ1n) is 11.1. The molecular weight excluding hydrogens is 456 g/mol. The molecule has 8 heteroatoms. The van der Waals surface area contributed by atoms with Crippen LogP contribution in [0.1, 0.15) is 29.5 Å². The fraction of sp³-hybridized carbons (Fsp3) is 0.231. The van der Waals surface area contributed by atoms with Gasteiger partial charge < -0.3 is 15.2 Å². The third kappa shape index (κ3) is 3.40. The fourth-order valence-corrected chi connectivity index (χ4v) is 5.71. The standard InChI is InChI=1S/C26H21F2N3O2S/c27-21-13-17(16-3-2-9-32-14-16)12-20-23(21)33-22-6-5-15(18-4-1-8-30-24(18)28)11-19(22)26(20)7-10-34-25(29)31-26/h1,3-6,8,11-13H,2,7,9-10,14H2,(H2,29,31). The topological polar surface area (TPSA) is 69.7 Å². The Bertz CT molecular complexity index is 1370. The van der Waals surface area contributed by atoms with E-state index in [9.17, 15) is 4.39 Å². The van der Waals surface area contributed by atoms with Crippen molar-refractivity contribution in [3.8, 4) is 22.6 Å². The van der Waals surface area contributed by atoms with Gasteiger partial charge >= 0.3 is 0 Å². The largest absolute Gasteiger partial charge is 0.453 e. The second kappa shape index (κ2) is 8.21. The normalized spacial score (nSPS) is 21.2. The maximum Gasteiger partial charge on any atom is 0.220 e. The Hall–Kier alpha value is -3.23. The molecule has 5 nitrogen and oxygen atoms in total. The molecule has 1 aromatic heterocycles. The number of hydrogen-bond acceptors (Lipinski definition) is 6. The number of nitrogens with zero attached hydrogens (tertiary/aromatic N) is 2. The zero-order chi connectivity index (χ0) is 23.3. The van der Waals surface area contributed by atoms with E-state index >= 15 is 4.39 Å². The molecule has 6 rings (SSSR count). The van der Waals surface area contributed by atoms with E-state index < -0.39 is 17.3 Å². The van der Waals surface area contributed by atoms with Gasteiger partial charge in [0.05, 0.1) is 13.2 Å². The molecule has 0 amide bonds. The summed E-state index contributed by atoms with van der Waals surface area (Å²) in [6.07, 6.45) is 4.86. The van der Waals surface area contributed by atoms with E-state index in [2.05, 4.69) is 11.1 Å². The predicted octanol–water partition coefficient (Wildman–Crippen LogP) is 5.63. The molecule has 3 aromatic rings. The number of nitrogens with two attached hydrogens (primary N) is 1. The molecule has 3 aliphatic rings. The lowest BCUT2D eigenvalue weighted by Gasteiger charge is -2.40. The summed E-state index contributed by atoms with van der Waals surface area (Å²) >= 11 is 1.47. The minimum Gasteiger partial charge on any atom is -0.453 e. The summed E-state index contributed by atoms with van der Waals surface area (Å²) in [5.41, 5.74) is 9.32. The summed E-state index contributed by atoms with van der Waals surface area (Å²) in [5, 5.41) is 0.425. The molecule has 0 fully saturated rings.